The molecule has 0 aliphatic carbocycles. The van der Waals surface area contributed by atoms with Crippen LogP contribution in [0.5, 0.6) is 46.0 Å². The van der Waals surface area contributed by atoms with Crippen LogP contribution in [0.2, 0.25) is 0 Å². The molecule has 52 heavy (non-hydrogen) atoms. The molecule has 0 atom stereocenters. The number of hydrogen-bond donors (Lipinski definition) is 0. The van der Waals surface area contributed by atoms with Gasteiger partial charge < -0.3 is 42.4 Å². The van der Waals surface area contributed by atoms with Crippen molar-refractivity contribution in [1.82, 2.24) is 0 Å². The summed E-state index contributed by atoms with van der Waals surface area (Å²) in [6.07, 6.45) is 2.71. The number of carbonyl (C=O) groups is 2. The summed E-state index contributed by atoms with van der Waals surface area (Å²) in [7, 11) is 4.20. The standard InChI is InChI=1S/C38H43O12P.Na/c1-43-29-21-33(45-3)37(34(22-29)46-4)31(39)11-7-9-25-13-17-27(18-14-25)49-51(41,42)50-28-19-15-26(16-20-28)10-8-12-32(40)38-35(47-5)23-30(44-2)24-36(38)48-6;/h13-24H,7-12H2,1-6H3,(H,41,42);/q;+1/p-1. The molecule has 0 aromatic heterocycles. The minimum atomic E-state index is -4.75. The Hall–Kier alpha value is -4.19. The minimum absolute atomic E-state index is 0. The normalized spacial score (nSPS) is 10.8. The van der Waals surface area contributed by atoms with E-state index in [4.69, 9.17) is 37.5 Å². The molecule has 272 valence electrons. The quantitative estimate of drug-likeness (QED) is 0.0730. The maximum absolute atomic E-state index is 13.0. The minimum Gasteiger partial charge on any atom is -0.736 e. The maximum Gasteiger partial charge on any atom is 1.00 e. The molecular formula is C38H42NaO12P. The van der Waals surface area contributed by atoms with Crippen LogP contribution in [0.3, 0.4) is 0 Å². The molecule has 4 rings (SSSR count). The molecule has 0 heterocycles. The van der Waals surface area contributed by atoms with E-state index in [0.29, 0.717) is 71.3 Å². The fraction of sp³-hybridized carbons (Fsp3) is 0.316. The van der Waals surface area contributed by atoms with Gasteiger partial charge in [0.05, 0.1) is 42.7 Å². The van der Waals surface area contributed by atoms with Gasteiger partial charge in [0.25, 0.3) is 0 Å². The summed E-state index contributed by atoms with van der Waals surface area (Å²) in [4.78, 5) is 38.7. The predicted octanol–water partition coefficient (Wildman–Crippen LogP) is 4.08. The number of hydrogen-bond acceptors (Lipinski definition) is 12. The Morgan fingerprint density at radius 1 is 0.519 bits per heavy atom. The van der Waals surface area contributed by atoms with Gasteiger partial charge in [-0.25, -0.2) is 4.57 Å². The summed E-state index contributed by atoms with van der Waals surface area (Å²) >= 11 is 0. The van der Waals surface area contributed by atoms with Crippen molar-refractivity contribution in [2.75, 3.05) is 42.7 Å². The summed E-state index contributed by atoms with van der Waals surface area (Å²) in [6, 6.07) is 19.6. The summed E-state index contributed by atoms with van der Waals surface area (Å²) in [5, 5.41) is 0. The van der Waals surface area contributed by atoms with Crippen molar-refractivity contribution in [3.8, 4) is 46.0 Å². The predicted molar refractivity (Wildman–Crippen MR) is 188 cm³/mol. The molecule has 0 unspecified atom stereocenters. The van der Waals surface area contributed by atoms with Crippen LogP contribution in [0.4, 0.5) is 0 Å². The zero-order valence-electron chi connectivity index (χ0n) is 30.5. The van der Waals surface area contributed by atoms with Crippen LogP contribution >= 0.6 is 7.82 Å². The smallest absolute Gasteiger partial charge is 0.736 e. The molecule has 0 fully saturated rings. The average molecular weight is 745 g/mol. The summed E-state index contributed by atoms with van der Waals surface area (Å²) in [5.41, 5.74) is 2.49. The third kappa shape index (κ3) is 11.4. The molecular weight excluding hydrogens is 702 g/mol. The molecule has 4 aromatic carbocycles. The molecule has 0 N–H and O–H groups in total. The van der Waals surface area contributed by atoms with Crippen LogP contribution < -0.4 is 71.9 Å². The third-order valence-electron chi connectivity index (χ3n) is 8.01. The number of aryl methyl sites for hydroxylation is 2. The average Bonchev–Trinajstić information content (AvgIpc) is 3.14. The summed E-state index contributed by atoms with van der Waals surface area (Å²) in [6.45, 7) is 0. The number of phosphoric ester groups is 1. The molecule has 0 spiro atoms. The Labute approximate surface area is 326 Å². The maximum atomic E-state index is 13.0. The van der Waals surface area contributed by atoms with Gasteiger partial charge in [-0.3, -0.25) is 9.59 Å². The third-order valence-corrected chi connectivity index (χ3v) is 8.88. The summed E-state index contributed by atoms with van der Waals surface area (Å²) < 4.78 is 55.0. The van der Waals surface area contributed by atoms with Crippen LogP contribution in [0.25, 0.3) is 0 Å². The largest absolute Gasteiger partial charge is 1.00 e. The van der Waals surface area contributed by atoms with E-state index >= 15 is 0 Å². The van der Waals surface area contributed by atoms with E-state index in [1.807, 2.05) is 0 Å². The molecule has 0 saturated carbocycles. The van der Waals surface area contributed by atoms with Crippen LogP contribution in [-0.4, -0.2) is 54.2 Å². The fourth-order valence-electron chi connectivity index (χ4n) is 5.43. The first-order chi connectivity index (χ1) is 24.5. The van der Waals surface area contributed by atoms with Crippen LogP contribution in [0.15, 0.2) is 72.8 Å². The fourth-order valence-corrected chi connectivity index (χ4v) is 6.23. The number of rotatable bonds is 20. The number of carbonyl (C=O) groups excluding carboxylic acids is 2. The van der Waals surface area contributed by atoms with E-state index in [0.717, 1.165) is 11.1 Å². The van der Waals surface area contributed by atoms with E-state index in [-0.39, 0.29) is 65.5 Å². The monoisotopic (exact) mass is 744 g/mol. The Morgan fingerprint density at radius 3 is 1.10 bits per heavy atom. The SMILES string of the molecule is COc1cc(OC)c(C(=O)CCCc2ccc(OP(=O)([O-])Oc3ccc(CCCC(=O)c4c(OC)cc(OC)cc4OC)cc3)cc2)c(OC)c1.[Na+]. The summed E-state index contributed by atoms with van der Waals surface area (Å²) in [5.74, 6) is 2.43. The molecule has 0 saturated heterocycles. The van der Waals surface area contributed by atoms with E-state index in [1.54, 1.807) is 48.5 Å². The second-order valence-electron chi connectivity index (χ2n) is 11.3. The Bertz CT molecular complexity index is 1660. The number of Topliss-reactive ketones (excluding diaryl/α,β-unsaturated/α-hetero) is 2. The molecule has 0 bridgehead atoms. The van der Waals surface area contributed by atoms with Crippen molar-refractivity contribution in [3.05, 3.63) is 95.1 Å². The Balaban J connectivity index is 0.00000729. The van der Waals surface area contributed by atoms with Gasteiger partial charge in [-0.1, -0.05) is 24.3 Å². The molecule has 14 heteroatoms. The number of methoxy groups -OCH3 is 6. The first-order valence-electron chi connectivity index (χ1n) is 16.1. The van der Waals surface area contributed by atoms with E-state index in [1.165, 1.54) is 66.9 Å². The number of benzene rings is 4. The molecule has 0 aliphatic heterocycles. The van der Waals surface area contributed by atoms with Crippen molar-refractivity contribution < 1.29 is 86.1 Å². The first-order valence-corrected chi connectivity index (χ1v) is 17.5. The Morgan fingerprint density at radius 2 is 0.827 bits per heavy atom. The van der Waals surface area contributed by atoms with E-state index < -0.39 is 7.82 Å². The molecule has 4 aromatic rings. The number of ether oxygens (including phenoxy) is 6. The van der Waals surface area contributed by atoms with Gasteiger partial charge in [0, 0.05) is 37.1 Å². The Kier molecular flexibility index (Phi) is 16.4. The van der Waals surface area contributed by atoms with Gasteiger partial charge in [0.1, 0.15) is 57.1 Å². The van der Waals surface area contributed by atoms with Gasteiger partial charge >= 0.3 is 37.4 Å². The van der Waals surface area contributed by atoms with Crippen molar-refractivity contribution in [3.63, 3.8) is 0 Å². The van der Waals surface area contributed by atoms with Gasteiger partial charge in [-0.05, 0) is 61.1 Å². The zero-order chi connectivity index (χ0) is 37.0. The number of phosphoric acid groups is 1. The molecule has 0 amide bonds. The zero-order valence-corrected chi connectivity index (χ0v) is 33.4. The van der Waals surface area contributed by atoms with Crippen LogP contribution in [0.1, 0.15) is 57.5 Å². The second-order valence-corrected chi connectivity index (χ2v) is 12.5. The molecule has 0 radical (unpaired) electrons. The van der Waals surface area contributed by atoms with Gasteiger partial charge in [-0.15, -0.1) is 0 Å². The van der Waals surface area contributed by atoms with Crippen molar-refractivity contribution in [1.29, 1.82) is 0 Å². The van der Waals surface area contributed by atoms with Gasteiger partial charge in [-0.2, -0.15) is 0 Å². The number of ketones is 2. The van der Waals surface area contributed by atoms with Gasteiger partial charge in [0.15, 0.2) is 11.6 Å². The van der Waals surface area contributed by atoms with E-state index in [9.17, 15) is 19.0 Å². The van der Waals surface area contributed by atoms with Crippen LogP contribution in [0, 0.1) is 0 Å². The molecule has 0 aliphatic rings. The molecule has 12 nitrogen and oxygen atoms in total. The van der Waals surface area contributed by atoms with Crippen molar-refractivity contribution in [2.24, 2.45) is 0 Å². The van der Waals surface area contributed by atoms with Crippen molar-refractivity contribution in [2.45, 2.75) is 38.5 Å². The topological polar surface area (TPSA) is 148 Å². The van der Waals surface area contributed by atoms with E-state index in [2.05, 4.69) is 0 Å². The van der Waals surface area contributed by atoms with Crippen molar-refractivity contribution >= 4 is 19.4 Å². The second kappa shape index (κ2) is 20.2. The van der Waals surface area contributed by atoms with Gasteiger partial charge in [0.2, 0.25) is 0 Å². The van der Waals surface area contributed by atoms with Crippen LogP contribution in [-0.2, 0) is 17.4 Å². The first kappa shape index (κ1) is 42.2.